The number of aryl methyl sites for hydroxylation is 1. The van der Waals surface area contributed by atoms with Crippen molar-refractivity contribution in [2.24, 2.45) is 5.92 Å². The molecule has 0 radical (unpaired) electrons. The largest absolute Gasteiger partial charge is 0.480 e. The zero-order chi connectivity index (χ0) is 12.6. The number of halogens is 2. The molecule has 0 aromatic heterocycles. The number of aliphatic carboxylic acids is 1. The van der Waals surface area contributed by atoms with E-state index in [0.29, 0.717) is 5.02 Å². The first-order chi connectivity index (χ1) is 7.99. The maximum absolute atomic E-state index is 11.1. The molecule has 1 atom stereocenters. The molecule has 92 valence electrons. The molecule has 1 aromatic rings. The lowest BCUT2D eigenvalue weighted by molar-refractivity contribution is -0.138. The summed E-state index contributed by atoms with van der Waals surface area (Å²) in [5.41, 5.74) is 1.70. The van der Waals surface area contributed by atoms with E-state index in [0.717, 1.165) is 28.6 Å². The first-order valence-corrected chi connectivity index (χ1v) is 6.61. The van der Waals surface area contributed by atoms with Crippen molar-refractivity contribution in [2.75, 3.05) is 5.32 Å². The molecule has 0 heterocycles. The lowest BCUT2D eigenvalue weighted by Gasteiger charge is -2.17. The molecule has 1 saturated carbocycles. The summed E-state index contributed by atoms with van der Waals surface area (Å²) in [7, 11) is 0. The molecule has 3 nitrogen and oxygen atoms in total. The van der Waals surface area contributed by atoms with Crippen molar-refractivity contribution in [1.82, 2.24) is 0 Å². The van der Waals surface area contributed by atoms with Gasteiger partial charge in [-0.15, -0.1) is 0 Å². The quantitative estimate of drug-likeness (QED) is 0.890. The van der Waals surface area contributed by atoms with Crippen molar-refractivity contribution in [3.63, 3.8) is 0 Å². The maximum Gasteiger partial charge on any atom is 0.326 e. The Morgan fingerprint density at radius 2 is 2.24 bits per heavy atom. The molecule has 1 aliphatic rings. The lowest BCUT2D eigenvalue weighted by Crippen LogP contribution is -2.31. The van der Waals surface area contributed by atoms with Gasteiger partial charge >= 0.3 is 5.97 Å². The normalized spacial score (nSPS) is 16.6. The zero-order valence-electron chi connectivity index (χ0n) is 9.34. The molecule has 1 unspecified atom stereocenters. The highest BCUT2D eigenvalue weighted by atomic mass is 79.9. The Bertz CT molecular complexity index is 460. The second-order valence-electron chi connectivity index (χ2n) is 4.38. The Labute approximate surface area is 113 Å². The van der Waals surface area contributed by atoms with E-state index in [1.54, 1.807) is 6.07 Å². The van der Waals surface area contributed by atoms with Crippen LogP contribution in [0.4, 0.5) is 5.69 Å². The van der Waals surface area contributed by atoms with Crippen LogP contribution in [0.1, 0.15) is 18.4 Å². The third-order valence-corrected chi connectivity index (χ3v) is 3.98. The summed E-state index contributed by atoms with van der Waals surface area (Å²) >= 11 is 9.45. The number of hydrogen-bond acceptors (Lipinski definition) is 2. The summed E-state index contributed by atoms with van der Waals surface area (Å²) in [6, 6.07) is 3.13. The molecule has 0 spiro atoms. The average molecular weight is 319 g/mol. The predicted octanol–water partition coefficient (Wildman–Crippen LogP) is 3.69. The van der Waals surface area contributed by atoms with Gasteiger partial charge in [-0.25, -0.2) is 4.79 Å². The van der Waals surface area contributed by atoms with Crippen molar-refractivity contribution in [3.8, 4) is 0 Å². The average Bonchev–Trinajstić information content (AvgIpc) is 3.04. The number of nitrogens with one attached hydrogen (secondary N) is 1. The van der Waals surface area contributed by atoms with Gasteiger partial charge in [0.1, 0.15) is 6.04 Å². The number of carboxylic acid groups (broad SMARTS) is 1. The smallest absolute Gasteiger partial charge is 0.326 e. The van der Waals surface area contributed by atoms with Crippen LogP contribution in [-0.2, 0) is 4.79 Å². The van der Waals surface area contributed by atoms with E-state index in [-0.39, 0.29) is 5.92 Å². The maximum atomic E-state index is 11.1. The minimum Gasteiger partial charge on any atom is -0.480 e. The van der Waals surface area contributed by atoms with Crippen LogP contribution in [0.25, 0.3) is 0 Å². The molecule has 5 heteroatoms. The van der Waals surface area contributed by atoms with Crippen LogP contribution in [0.5, 0.6) is 0 Å². The Hall–Kier alpha value is -0.740. The molecule has 1 aromatic carbocycles. The third kappa shape index (κ3) is 2.93. The molecule has 0 saturated heterocycles. The second-order valence-corrected chi connectivity index (χ2v) is 5.64. The van der Waals surface area contributed by atoms with Gasteiger partial charge in [-0.1, -0.05) is 11.6 Å². The van der Waals surface area contributed by atoms with E-state index < -0.39 is 12.0 Å². The van der Waals surface area contributed by atoms with Crippen molar-refractivity contribution in [1.29, 1.82) is 0 Å². The monoisotopic (exact) mass is 317 g/mol. The third-order valence-electron chi connectivity index (χ3n) is 2.92. The van der Waals surface area contributed by atoms with E-state index >= 15 is 0 Å². The second kappa shape index (κ2) is 4.86. The number of anilines is 1. The Morgan fingerprint density at radius 3 is 2.76 bits per heavy atom. The summed E-state index contributed by atoms with van der Waals surface area (Å²) < 4.78 is 0.839. The molecule has 2 rings (SSSR count). The van der Waals surface area contributed by atoms with E-state index in [1.165, 1.54) is 0 Å². The van der Waals surface area contributed by atoms with Crippen LogP contribution < -0.4 is 5.32 Å². The van der Waals surface area contributed by atoms with Crippen molar-refractivity contribution in [3.05, 3.63) is 27.2 Å². The van der Waals surface area contributed by atoms with Crippen LogP contribution >= 0.6 is 27.5 Å². The fourth-order valence-corrected chi connectivity index (χ4v) is 2.47. The van der Waals surface area contributed by atoms with Crippen LogP contribution in [0, 0.1) is 12.8 Å². The number of benzene rings is 1. The fourth-order valence-electron chi connectivity index (χ4n) is 1.74. The summed E-state index contributed by atoms with van der Waals surface area (Å²) in [6.07, 6.45) is 1.95. The van der Waals surface area contributed by atoms with Crippen molar-refractivity contribution >= 4 is 39.2 Å². The highest BCUT2D eigenvalue weighted by Gasteiger charge is 2.36. The van der Waals surface area contributed by atoms with Crippen molar-refractivity contribution in [2.45, 2.75) is 25.8 Å². The van der Waals surface area contributed by atoms with Crippen molar-refractivity contribution < 1.29 is 9.90 Å². The summed E-state index contributed by atoms with van der Waals surface area (Å²) in [6.45, 7) is 1.91. The number of carbonyl (C=O) groups is 1. The van der Waals surface area contributed by atoms with Crippen LogP contribution in [-0.4, -0.2) is 17.1 Å². The molecule has 17 heavy (non-hydrogen) atoms. The van der Waals surface area contributed by atoms with Gasteiger partial charge < -0.3 is 10.4 Å². The minimum absolute atomic E-state index is 0.236. The standard InChI is InChI=1S/C12H13BrClNO2/c1-6-4-8(13)10(5-9(6)14)15-11(12(16)17)7-2-3-7/h4-5,7,11,15H,2-3H2,1H3,(H,16,17). The Kier molecular flexibility index (Phi) is 3.64. The van der Waals surface area contributed by atoms with E-state index in [9.17, 15) is 4.79 Å². The molecule has 0 aliphatic heterocycles. The van der Waals surface area contributed by atoms with Gasteiger partial charge in [-0.05, 0) is 59.3 Å². The molecule has 1 aliphatic carbocycles. The number of hydrogen-bond donors (Lipinski definition) is 2. The molecule has 0 bridgehead atoms. The topological polar surface area (TPSA) is 49.3 Å². The molecular formula is C12H13BrClNO2. The van der Waals surface area contributed by atoms with Crippen LogP contribution in [0.2, 0.25) is 5.02 Å². The first-order valence-electron chi connectivity index (χ1n) is 5.44. The predicted molar refractivity (Wildman–Crippen MR) is 71.7 cm³/mol. The van der Waals surface area contributed by atoms with E-state index in [4.69, 9.17) is 16.7 Å². The van der Waals surface area contributed by atoms with Gasteiger partial charge in [0.2, 0.25) is 0 Å². The summed E-state index contributed by atoms with van der Waals surface area (Å²) in [5.74, 6) is -0.574. The first kappa shape index (κ1) is 12.7. The van der Waals surface area contributed by atoms with Crippen LogP contribution in [0.15, 0.2) is 16.6 Å². The van der Waals surface area contributed by atoms with E-state index in [2.05, 4.69) is 21.2 Å². The molecule has 2 N–H and O–H groups in total. The fraction of sp³-hybridized carbons (Fsp3) is 0.417. The molecular weight excluding hydrogens is 305 g/mol. The highest BCUT2D eigenvalue weighted by Crippen LogP contribution is 2.36. The highest BCUT2D eigenvalue weighted by molar-refractivity contribution is 9.10. The van der Waals surface area contributed by atoms with Gasteiger partial charge in [0.15, 0.2) is 0 Å². The van der Waals surface area contributed by atoms with Gasteiger partial charge in [0.05, 0.1) is 5.69 Å². The van der Waals surface area contributed by atoms with E-state index in [1.807, 2.05) is 13.0 Å². The Balaban J connectivity index is 2.22. The van der Waals surface area contributed by atoms with Gasteiger partial charge in [-0.2, -0.15) is 0 Å². The summed E-state index contributed by atoms with van der Waals surface area (Å²) in [4.78, 5) is 11.1. The summed E-state index contributed by atoms with van der Waals surface area (Å²) in [5, 5.41) is 12.8. The van der Waals surface area contributed by atoms with Gasteiger partial charge in [0.25, 0.3) is 0 Å². The Morgan fingerprint density at radius 1 is 1.59 bits per heavy atom. The zero-order valence-corrected chi connectivity index (χ0v) is 11.7. The molecule has 0 amide bonds. The van der Waals surface area contributed by atoms with Gasteiger partial charge in [-0.3, -0.25) is 0 Å². The minimum atomic E-state index is -0.809. The molecule has 1 fully saturated rings. The number of rotatable bonds is 4. The van der Waals surface area contributed by atoms with Gasteiger partial charge in [0, 0.05) is 9.50 Å². The number of carboxylic acids is 1. The lowest BCUT2D eigenvalue weighted by atomic mass is 10.1. The SMILES string of the molecule is Cc1cc(Br)c(NC(C(=O)O)C2CC2)cc1Cl. The van der Waals surface area contributed by atoms with Crippen LogP contribution in [0.3, 0.4) is 0 Å².